The van der Waals surface area contributed by atoms with Gasteiger partial charge >= 0.3 is 0 Å². The summed E-state index contributed by atoms with van der Waals surface area (Å²) in [6.45, 7) is 1.99. The van der Waals surface area contributed by atoms with Crippen LogP contribution in [0, 0.1) is 0 Å². The Balaban J connectivity index is 2.71. The predicted octanol–water partition coefficient (Wildman–Crippen LogP) is 2.21. The van der Waals surface area contributed by atoms with Crippen LogP contribution in [0.15, 0.2) is 22.7 Å². The van der Waals surface area contributed by atoms with Crippen LogP contribution in [0.2, 0.25) is 0 Å². The molecule has 3 nitrogen and oxygen atoms in total. The van der Waals surface area contributed by atoms with Crippen LogP contribution in [-0.2, 0) is 10.8 Å². The van der Waals surface area contributed by atoms with Gasteiger partial charge in [-0.25, -0.2) is 0 Å². The van der Waals surface area contributed by atoms with Crippen LogP contribution in [0.5, 0.6) is 0 Å². The molecule has 5 heteroatoms. The van der Waals surface area contributed by atoms with Crippen molar-refractivity contribution in [3.8, 4) is 0 Å². The molecule has 0 saturated carbocycles. The minimum Gasteiger partial charge on any atom is -0.397 e. The van der Waals surface area contributed by atoms with Crippen molar-refractivity contribution >= 4 is 38.1 Å². The molecular weight excluding hydrogens is 276 g/mol. The van der Waals surface area contributed by atoms with Gasteiger partial charge in [0.2, 0.25) is 0 Å². The van der Waals surface area contributed by atoms with Crippen LogP contribution in [0.25, 0.3) is 0 Å². The highest BCUT2D eigenvalue weighted by Crippen LogP contribution is 2.23. The van der Waals surface area contributed by atoms with Crippen LogP contribution in [0.3, 0.4) is 0 Å². The Morgan fingerprint density at radius 1 is 1.60 bits per heavy atom. The van der Waals surface area contributed by atoms with Gasteiger partial charge in [0.1, 0.15) is 0 Å². The lowest BCUT2D eigenvalue weighted by Gasteiger charge is -2.15. The number of benzene rings is 1. The molecule has 0 aliphatic rings. The third-order valence-electron chi connectivity index (χ3n) is 1.90. The molecule has 84 valence electrons. The van der Waals surface area contributed by atoms with Crippen molar-refractivity contribution in [3.63, 3.8) is 0 Å². The van der Waals surface area contributed by atoms with Crippen LogP contribution in [0.4, 0.5) is 11.4 Å². The summed E-state index contributed by atoms with van der Waals surface area (Å²) in [7, 11) is -0.796. The molecule has 0 radical (unpaired) electrons. The van der Waals surface area contributed by atoms with Gasteiger partial charge in [-0.2, -0.15) is 0 Å². The first-order valence-corrected chi connectivity index (χ1v) is 7.12. The van der Waals surface area contributed by atoms with Gasteiger partial charge in [-0.15, -0.1) is 0 Å². The Morgan fingerprint density at radius 3 is 2.87 bits per heavy atom. The van der Waals surface area contributed by atoms with Gasteiger partial charge in [0, 0.05) is 33.3 Å². The Morgan fingerprint density at radius 2 is 2.27 bits per heavy atom. The molecule has 0 amide bonds. The molecule has 0 fully saturated rings. The van der Waals surface area contributed by atoms with E-state index >= 15 is 0 Å². The number of hydrogen-bond acceptors (Lipinski definition) is 3. The highest BCUT2D eigenvalue weighted by Gasteiger charge is 2.06. The van der Waals surface area contributed by atoms with Gasteiger partial charge < -0.3 is 11.1 Å². The zero-order valence-corrected chi connectivity index (χ0v) is 11.2. The van der Waals surface area contributed by atoms with Crippen LogP contribution in [0.1, 0.15) is 6.92 Å². The highest BCUT2D eigenvalue weighted by atomic mass is 79.9. The summed E-state index contributed by atoms with van der Waals surface area (Å²) in [5, 5.41) is 3.23. The fourth-order valence-corrected chi connectivity index (χ4v) is 2.46. The van der Waals surface area contributed by atoms with Crippen LogP contribution in [-0.4, -0.2) is 22.3 Å². The smallest absolute Gasteiger partial charge is 0.0587 e. The Hall–Kier alpha value is -0.550. The summed E-state index contributed by atoms with van der Waals surface area (Å²) in [4.78, 5) is 0. The van der Waals surface area contributed by atoms with Crippen molar-refractivity contribution in [3.05, 3.63) is 22.7 Å². The zero-order valence-electron chi connectivity index (χ0n) is 8.79. The van der Waals surface area contributed by atoms with Gasteiger partial charge in [0.05, 0.1) is 11.4 Å². The molecule has 2 atom stereocenters. The second kappa shape index (κ2) is 5.51. The number of nitrogen functional groups attached to an aromatic ring is 1. The monoisotopic (exact) mass is 290 g/mol. The zero-order chi connectivity index (χ0) is 11.4. The maximum atomic E-state index is 11.0. The molecule has 1 aromatic rings. The van der Waals surface area contributed by atoms with E-state index in [1.165, 1.54) is 0 Å². The lowest BCUT2D eigenvalue weighted by atomic mass is 10.2. The fraction of sp³-hybridized carbons (Fsp3) is 0.400. The third-order valence-corrected chi connectivity index (χ3v) is 3.36. The summed E-state index contributed by atoms with van der Waals surface area (Å²) >= 11 is 3.38. The standard InChI is InChI=1S/C10H15BrN2OS/c1-7(6-15(2)14)13-10-5-8(11)3-4-9(10)12/h3-5,7,13H,6,12H2,1-2H3. The summed E-state index contributed by atoms with van der Waals surface area (Å²) in [5.74, 6) is 0.617. The van der Waals surface area contributed by atoms with Crippen LogP contribution < -0.4 is 11.1 Å². The number of anilines is 2. The lowest BCUT2D eigenvalue weighted by molar-refractivity contribution is 0.683. The average Bonchev–Trinajstić information content (AvgIpc) is 2.10. The molecule has 1 aromatic carbocycles. The van der Waals surface area contributed by atoms with E-state index in [1.54, 1.807) is 6.26 Å². The minimum absolute atomic E-state index is 0.146. The van der Waals surface area contributed by atoms with Crippen molar-refractivity contribution in [2.45, 2.75) is 13.0 Å². The molecule has 0 aliphatic carbocycles. The molecular formula is C10H15BrN2OS. The van der Waals surface area contributed by atoms with Gasteiger partial charge in [0.15, 0.2) is 0 Å². The second-order valence-corrected chi connectivity index (χ2v) is 5.91. The Bertz CT molecular complexity index is 370. The number of hydrogen-bond donors (Lipinski definition) is 2. The maximum absolute atomic E-state index is 11.0. The Labute approximate surface area is 101 Å². The molecule has 15 heavy (non-hydrogen) atoms. The van der Waals surface area contributed by atoms with E-state index in [0.29, 0.717) is 11.4 Å². The Kier molecular flexibility index (Phi) is 4.60. The fourth-order valence-electron chi connectivity index (χ4n) is 1.31. The van der Waals surface area contributed by atoms with Gasteiger partial charge in [-0.3, -0.25) is 4.21 Å². The normalized spacial score (nSPS) is 14.6. The van der Waals surface area contributed by atoms with E-state index in [0.717, 1.165) is 10.2 Å². The molecule has 1 rings (SSSR count). The molecule has 0 bridgehead atoms. The highest BCUT2D eigenvalue weighted by molar-refractivity contribution is 9.10. The molecule has 0 spiro atoms. The van der Waals surface area contributed by atoms with E-state index in [9.17, 15) is 4.21 Å². The number of nitrogens with one attached hydrogen (secondary N) is 1. The summed E-state index contributed by atoms with van der Waals surface area (Å²) < 4.78 is 12.0. The van der Waals surface area contributed by atoms with Gasteiger partial charge in [0.25, 0.3) is 0 Å². The van der Waals surface area contributed by atoms with E-state index in [-0.39, 0.29) is 6.04 Å². The third kappa shape index (κ3) is 4.22. The first kappa shape index (κ1) is 12.5. The molecule has 0 aromatic heterocycles. The molecule has 0 saturated heterocycles. The van der Waals surface area contributed by atoms with E-state index in [1.807, 2.05) is 25.1 Å². The second-order valence-electron chi connectivity index (χ2n) is 3.52. The summed E-state index contributed by atoms with van der Waals surface area (Å²) in [6.07, 6.45) is 1.70. The van der Waals surface area contributed by atoms with Gasteiger partial charge in [-0.05, 0) is 25.1 Å². The lowest BCUT2D eigenvalue weighted by Crippen LogP contribution is -2.22. The molecule has 3 N–H and O–H groups in total. The van der Waals surface area contributed by atoms with E-state index in [2.05, 4.69) is 21.2 Å². The summed E-state index contributed by atoms with van der Waals surface area (Å²) in [5.41, 5.74) is 7.39. The summed E-state index contributed by atoms with van der Waals surface area (Å²) in [6, 6.07) is 5.79. The topological polar surface area (TPSA) is 55.1 Å². The first-order valence-electron chi connectivity index (χ1n) is 4.60. The minimum atomic E-state index is -0.796. The molecule has 0 aliphatic heterocycles. The van der Waals surface area contributed by atoms with Crippen molar-refractivity contribution in [2.24, 2.45) is 0 Å². The SMILES string of the molecule is CC(CS(C)=O)Nc1cc(Br)ccc1N. The first-order chi connectivity index (χ1) is 6.99. The van der Waals surface area contributed by atoms with Crippen molar-refractivity contribution in [1.29, 1.82) is 0 Å². The largest absolute Gasteiger partial charge is 0.397 e. The van der Waals surface area contributed by atoms with E-state index < -0.39 is 10.8 Å². The molecule has 2 unspecified atom stereocenters. The van der Waals surface area contributed by atoms with Crippen molar-refractivity contribution in [1.82, 2.24) is 0 Å². The number of rotatable bonds is 4. The van der Waals surface area contributed by atoms with Gasteiger partial charge in [-0.1, -0.05) is 15.9 Å². The van der Waals surface area contributed by atoms with Crippen molar-refractivity contribution < 1.29 is 4.21 Å². The quantitative estimate of drug-likeness (QED) is 0.836. The van der Waals surface area contributed by atoms with Crippen LogP contribution >= 0.6 is 15.9 Å². The van der Waals surface area contributed by atoms with Crippen molar-refractivity contribution in [2.75, 3.05) is 23.1 Å². The predicted molar refractivity (Wildman–Crippen MR) is 70.6 cm³/mol. The number of halogens is 1. The number of nitrogens with two attached hydrogens (primary N) is 1. The molecule has 0 heterocycles. The average molecular weight is 291 g/mol. The maximum Gasteiger partial charge on any atom is 0.0587 e. The van der Waals surface area contributed by atoms with E-state index in [4.69, 9.17) is 5.73 Å².